The Balaban J connectivity index is 0.926. The van der Waals surface area contributed by atoms with E-state index in [4.69, 9.17) is 26.1 Å². The molecule has 7 rings (SSSR count). The van der Waals surface area contributed by atoms with Crippen molar-refractivity contribution in [2.45, 2.75) is 70.6 Å². The first-order chi connectivity index (χ1) is 21.0. The van der Waals surface area contributed by atoms with Gasteiger partial charge in [0.05, 0.1) is 19.7 Å². The number of nitrogens with zero attached hydrogens (tertiary/aromatic N) is 2. The highest BCUT2D eigenvalue weighted by Gasteiger charge is 2.33. The van der Waals surface area contributed by atoms with Gasteiger partial charge in [0.1, 0.15) is 0 Å². The largest absolute Gasteiger partial charge is 0.493 e. The van der Waals surface area contributed by atoms with Crippen molar-refractivity contribution in [3.63, 3.8) is 0 Å². The summed E-state index contributed by atoms with van der Waals surface area (Å²) >= 11 is 6.40. The van der Waals surface area contributed by atoms with E-state index < -0.39 is 0 Å². The normalized spacial score (nSPS) is 22.3. The average molecular weight is 600 g/mol. The van der Waals surface area contributed by atoms with Crippen LogP contribution in [0.1, 0.15) is 73.8 Å². The minimum atomic E-state index is 0.574. The molecule has 0 radical (unpaired) electrons. The van der Waals surface area contributed by atoms with Crippen molar-refractivity contribution in [1.82, 2.24) is 9.88 Å². The molecule has 3 aliphatic carbocycles. The Morgan fingerprint density at radius 1 is 0.953 bits per heavy atom. The van der Waals surface area contributed by atoms with Gasteiger partial charge >= 0.3 is 0 Å². The van der Waals surface area contributed by atoms with Gasteiger partial charge in [-0.3, -0.25) is 4.98 Å². The fourth-order valence-electron chi connectivity index (χ4n) is 8.71. The molecule has 1 aromatic heterocycles. The summed E-state index contributed by atoms with van der Waals surface area (Å²) in [5.41, 5.74) is 9.55. The van der Waals surface area contributed by atoms with Crippen molar-refractivity contribution < 1.29 is 9.47 Å². The molecule has 4 aliphatic rings. The Bertz CT molecular complexity index is 1490. The monoisotopic (exact) mass is 599 g/mol. The summed E-state index contributed by atoms with van der Waals surface area (Å²) in [5.74, 6) is 4.52. The van der Waals surface area contributed by atoms with Gasteiger partial charge < -0.3 is 19.7 Å². The highest BCUT2D eigenvalue weighted by molar-refractivity contribution is 6.31. The smallest absolute Gasteiger partial charge is 0.161 e. The first-order valence-electron chi connectivity index (χ1n) is 16.5. The highest BCUT2D eigenvalue weighted by Crippen LogP contribution is 2.47. The molecule has 0 saturated carbocycles. The average Bonchev–Trinajstić information content (AvgIpc) is 3.39. The second kappa shape index (κ2) is 12.3. The SMILES string of the molecule is COc1cc2c(cc1OC)CC(CC1CCN(CCCNc3c4c(nc5cc(Cl)ccc35)C[C@H]3C=C(C)C[C@H]4C3)CC1)C2. The van der Waals surface area contributed by atoms with Crippen LogP contribution < -0.4 is 14.8 Å². The predicted molar refractivity (Wildman–Crippen MR) is 177 cm³/mol. The van der Waals surface area contributed by atoms with Crippen LogP contribution in [0, 0.1) is 17.8 Å². The minimum Gasteiger partial charge on any atom is -0.493 e. The van der Waals surface area contributed by atoms with Gasteiger partial charge in [0.15, 0.2) is 11.5 Å². The molecule has 43 heavy (non-hydrogen) atoms. The second-order valence-corrected chi connectivity index (χ2v) is 14.1. The number of hydrogen-bond donors (Lipinski definition) is 1. The van der Waals surface area contributed by atoms with Crippen molar-refractivity contribution in [1.29, 1.82) is 0 Å². The third-order valence-electron chi connectivity index (χ3n) is 10.7. The van der Waals surface area contributed by atoms with E-state index in [1.54, 1.807) is 14.2 Å². The van der Waals surface area contributed by atoms with Crippen LogP contribution in [0.5, 0.6) is 11.5 Å². The fourth-order valence-corrected chi connectivity index (χ4v) is 8.88. The van der Waals surface area contributed by atoms with Gasteiger partial charge in [-0.1, -0.05) is 23.3 Å². The quantitative estimate of drug-likeness (QED) is 0.198. The third-order valence-corrected chi connectivity index (χ3v) is 10.9. The maximum atomic E-state index is 6.40. The van der Waals surface area contributed by atoms with E-state index in [0.717, 1.165) is 59.7 Å². The lowest BCUT2D eigenvalue weighted by Gasteiger charge is -2.36. The molecule has 0 unspecified atom stereocenters. The predicted octanol–water partition coefficient (Wildman–Crippen LogP) is 8.22. The number of hydrogen-bond acceptors (Lipinski definition) is 5. The fraction of sp³-hybridized carbons (Fsp3) is 0.541. The van der Waals surface area contributed by atoms with Gasteiger partial charge in [0, 0.05) is 33.9 Å². The molecule has 228 valence electrons. The topological polar surface area (TPSA) is 46.6 Å². The van der Waals surface area contributed by atoms with E-state index in [1.165, 1.54) is 97.2 Å². The van der Waals surface area contributed by atoms with Crippen LogP contribution in [0.15, 0.2) is 42.0 Å². The van der Waals surface area contributed by atoms with Gasteiger partial charge in [-0.05, 0) is 149 Å². The lowest BCUT2D eigenvalue weighted by molar-refractivity contribution is 0.167. The van der Waals surface area contributed by atoms with E-state index in [2.05, 4.69) is 41.4 Å². The van der Waals surface area contributed by atoms with E-state index in [-0.39, 0.29) is 0 Å². The van der Waals surface area contributed by atoms with Gasteiger partial charge in [-0.25, -0.2) is 0 Å². The van der Waals surface area contributed by atoms with Crippen LogP contribution in [-0.2, 0) is 19.3 Å². The summed E-state index contributed by atoms with van der Waals surface area (Å²) < 4.78 is 11.1. The highest BCUT2D eigenvalue weighted by atomic mass is 35.5. The zero-order valence-corrected chi connectivity index (χ0v) is 26.8. The number of aromatic nitrogens is 1. The van der Waals surface area contributed by atoms with E-state index in [0.29, 0.717) is 11.8 Å². The Morgan fingerprint density at radius 2 is 1.70 bits per heavy atom. The van der Waals surface area contributed by atoms with Crippen LogP contribution in [0.3, 0.4) is 0 Å². The molecule has 0 spiro atoms. The molecule has 0 amide bonds. The van der Waals surface area contributed by atoms with Gasteiger partial charge in [-0.15, -0.1) is 0 Å². The van der Waals surface area contributed by atoms with Crippen molar-refractivity contribution in [3.8, 4) is 11.5 Å². The molecule has 5 nitrogen and oxygen atoms in total. The number of fused-ring (bicyclic) bond motifs is 6. The molecular formula is C37H46ClN3O2. The standard InChI is InChI=1S/C37H46ClN3O2/c1-23-13-25-18-29(14-23)36-33(19-25)40-32-22-30(38)5-6-31(32)37(36)39-9-4-10-41-11-7-24(8-12-41)15-26-16-27-20-34(42-2)35(43-3)21-28(27)17-26/h5-6,13,20-22,24-26,29H,4,7-12,14-19H2,1-3H3,(H,39,40)/t25-,29-/m0/s1. The first kappa shape index (κ1) is 29.0. The number of allylic oxidation sites excluding steroid dienone is 2. The minimum absolute atomic E-state index is 0.574. The number of benzene rings is 2. The van der Waals surface area contributed by atoms with Crippen LogP contribution in [0.25, 0.3) is 10.9 Å². The maximum Gasteiger partial charge on any atom is 0.161 e. The number of pyridine rings is 1. The summed E-state index contributed by atoms with van der Waals surface area (Å²) in [6, 6.07) is 10.6. The number of likely N-dealkylation sites (tertiary alicyclic amines) is 1. The van der Waals surface area contributed by atoms with Crippen LogP contribution in [0.4, 0.5) is 5.69 Å². The summed E-state index contributed by atoms with van der Waals surface area (Å²) in [4.78, 5) is 7.84. The molecule has 1 N–H and O–H groups in total. The van der Waals surface area contributed by atoms with E-state index in [1.807, 2.05) is 12.1 Å². The maximum absolute atomic E-state index is 6.40. The molecule has 2 heterocycles. The van der Waals surface area contributed by atoms with Gasteiger partial charge in [0.2, 0.25) is 0 Å². The van der Waals surface area contributed by atoms with Crippen molar-refractivity contribution in [3.05, 3.63) is 69.4 Å². The molecule has 3 aromatic rings. The third kappa shape index (κ3) is 6.00. The van der Waals surface area contributed by atoms with Crippen molar-refractivity contribution in [2.24, 2.45) is 17.8 Å². The molecule has 2 bridgehead atoms. The molecule has 1 fully saturated rings. The van der Waals surface area contributed by atoms with Crippen molar-refractivity contribution in [2.75, 3.05) is 45.7 Å². The second-order valence-electron chi connectivity index (χ2n) is 13.7. The Labute approximate surface area is 262 Å². The zero-order chi connectivity index (χ0) is 29.5. The number of methoxy groups -OCH3 is 2. The lowest BCUT2D eigenvalue weighted by Crippen LogP contribution is -2.35. The molecule has 6 heteroatoms. The summed E-state index contributed by atoms with van der Waals surface area (Å²) in [6.45, 7) is 6.92. The van der Waals surface area contributed by atoms with Gasteiger partial charge in [-0.2, -0.15) is 0 Å². The van der Waals surface area contributed by atoms with E-state index >= 15 is 0 Å². The number of ether oxygens (including phenoxy) is 2. The Kier molecular flexibility index (Phi) is 8.30. The van der Waals surface area contributed by atoms with Crippen molar-refractivity contribution >= 4 is 28.2 Å². The van der Waals surface area contributed by atoms with Crippen LogP contribution in [0.2, 0.25) is 5.02 Å². The zero-order valence-electron chi connectivity index (χ0n) is 26.1. The molecule has 1 aliphatic heterocycles. The Hall–Kier alpha value is -2.76. The number of nitrogens with one attached hydrogen (secondary N) is 1. The Morgan fingerprint density at radius 3 is 2.42 bits per heavy atom. The number of rotatable bonds is 9. The van der Waals surface area contributed by atoms with Gasteiger partial charge in [0.25, 0.3) is 0 Å². The molecule has 1 saturated heterocycles. The summed E-state index contributed by atoms with van der Waals surface area (Å²) in [6.07, 6.45) is 13.5. The first-order valence-corrected chi connectivity index (χ1v) is 16.8. The number of piperidine rings is 1. The lowest BCUT2D eigenvalue weighted by atomic mass is 9.71. The van der Waals surface area contributed by atoms with E-state index in [9.17, 15) is 0 Å². The van der Waals surface area contributed by atoms with Crippen LogP contribution >= 0.6 is 11.6 Å². The summed E-state index contributed by atoms with van der Waals surface area (Å²) in [5, 5.41) is 5.91. The summed E-state index contributed by atoms with van der Waals surface area (Å²) in [7, 11) is 3.46. The van der Waals surface area contributed by atoms with Crippen LogP contribution in [-0.4, -0.2) is 50.3 Å². The molecule has 2 atom stereocenters. The number of halogens is 1. The number of anilines is 1. The molecule has 2 aromatic carbocycles. The molecular weight excluding hydrogens is 554 g/mol.